The number of nitrogens with one attached hydrogen (secondary N) is 2. The summed E-state index contributed by atoms with van der Waals surface area (Å²) in [5.74, 6) is 0.298. The van der Waals surface area contributed by atoms with E-state index in [9.17, 15) is 4.79 Å². The SMILES string of the molecule is Cc1cc(C)n(-c2ccccc2CNC(=O)C2CCNCC2)n1.Cl. The summed E-state index contributed by atoms with van der Waals surface area (Å²) in [6, 6.07) is 10.2. The highest BCUT2D eigenvalue weighted by molar-refractivity contribution is 5.85. The molecular formula is C18H25ClN4O. The lowest BCUT2D eigenvalue weighted by molar-refractivity contribution is -0.125. The largest absolute Gasteiger partial charge is 0.352 e. The molecule has 1 aliphatic heterocycles. The Kier molecular flexibility index (Phi) is 6.40. The number of aryl methyl sites for hydroxylation is 2. The number of rotatable bonds is 4. The molecule has 0 bridgehead atoms. The Morgan fingerprint density at radius 1 is 1.29 bits per heavy atom. The minimum absolute atomic E-state index is 0. The van der Waals surface area contributed by atoms with Crippen molar-refractivity contribution in [2.75, 3.05) is 13.1 Å². The van der Waals surface area contributed by atoms with Crippen molar-refractivity contribution >= 4 is 18.3 Å². The van der Waals surface area contributed by atoms with Crippen molar-refractivity contribution in [3.63, 3.8) is 0 Å². The van der Waals surface area contributed by atoms with Crippen molar-refractivity contribution in [1.82, 2.24) is 20.4 Å². The van der Waals surface area contributed by atoms with Gasteiger partial charge in [-0.15, -0.1) is 12.4 Å². The number of carbonyl (C=O) groups excluding carboxylic acids is 1. The molecule has 130 valence electrons. The number of hydrogen-bond acceptors (Lipinski definition) is 3. The maximum atomic E-state index is 12.3. The van der Waals surface area contributed by atoms with Gasteiger partial charge in [0.25, 0.3) is 0 Å². The van der Waals surface area contributed by atoms with E-state index in [-0.39, 0.29) is 24.2 Å². The maximum Gasteiger partial charge on any atom is 0.223 e. The average Bonchev–Trinajstić information content (AvgIpc) is 2.92. The first-order valence-electron chi connectivity index (χ1n) is 8.25. The fraction of sp³-hybridized carbons (Fsp3) is 0.444. The quantitative estimate of drug-likeness (QED) is 0.892. The molecule has 0 atom stereocenters. The number of hydrogen-bond donors (Lipinski definition) is 2. The van der Waals surface area contributed by atoms with Gasteiger partial charge in [-0.25, -0.2) is 4.68 Å². The van der Waals surface area contributed by atoms with E-state index in [0.29, 0.717) is 6.54 Å². The molecule has 0 saturated carbocycles. The van der Waals surface area contributed by atoms with Gasteiger partial charge in [0.05, 0.1) is 11.4 Å². The van der Waals surface area contributed by atoms with Crippen molar-refractivity contribution in [1.29, 1.82) is 0 Å². The van der Waals surface area contributed by atoms with Crippen molar-refractivity contribution < 1.29 is 4.79 Å². The van der Waals surface area contributed by atoms with Crippen LogP contribution in [0.5, 0.6) is 0 Å². The monoisotopic (exact) mass is 348 g/mol. The third-order valence-corrected chi connectivity index (χ3v) is 4.39. The van der Waals surface area contributed by atoms with Crippen LogP contribution in [0.3, 0.4) is 0 Å². The second kappa shape index (κ2) is 8.31. The number of para-hydroxylation sites is 1. The Labute approximate surface area is 149 Å². The zero-order chi connectivity index (χ0) is 16.2. The van der Waals surface area contributed by atoms with Crippen molar-refractivity contribution in [3.05, 3.63) is 47.3 Å². The maximum absolute atomic E-state index is 12.3. The summed E-state index contributed by atoms with van der Waals surface area (Å²) in [6.07, 6.45) is 1.84. The molecule has 2 aromatic rings. The molecule has 6 heteroatoms. The standard InChI is InChI=1S/C18H24N4O.ClH/c1-13-11-14(2)22(21-13)17-6-4-3-5-16(17)12-20-18(23)15-7-9-19-10-8-15;/h3-6,11,15,19H,7-10,12H2,1-2H3,(H,20,23);1H. The molecule has 2 N–H and O–H groups in total. The second-order valence-electron chi connectivity index (χ2n) is 6.21. The summed E-state index contributed by atoms with van der Waals surface area (Å²) in [5, 5.41) is 10.9. The fourth-order valence-electron chi connectivity index (χ4n) is 3.15. The van der Waals surface area contributed by atoms with Gasteiger partial charge in [-0.05, 0) is 57.5 Å². The third kappa shape index (κ3) is 4.16. The molecule has 1 saturated heterocycles. The summed E-state index contributed by atoms with van der Waals surface area (Å²) >= 11 is 0. The van der Waals surface area contributed by atoms with E-state index in [4.69, 9.17) is 0 Å². The highest BCUT2D eigenvalue weighted by Crippen LogP contribution is 2.18. The summed E-state index contributed by atoms with van der Waals surface area (Å²) in [7, 11) is 0. The van der Waals surface area contributed by atoms with E-state index in [1.165, 1.54) is 0 Å². The average molecular weight is 349 g/mol. The minimum Gasteiger partial charge on any atom is -0.352 e. The van der Waals surface area contributed by atoms with Crippen molar-refractivity contribution in [2.45, 2.75) is 33.2 Å². The molecule has 0 radical (unpaired) electrons. The molecule has 0 aliphatic carbocycles. The molecule has 0 unspecified atom stereocenters. The smallest absolute Gasteiger partial charge is 0.223 e. The topological polar surface area (TPSA) is 59.0 Å². The summed E-state index contributed by atoms with van der Waals surface area (Å²) < 4.78 is 1.95. The van der Waals surface area contributed by atoms with Crippen LogP contribution < -0.4 is 10.6 Å². The molecule has 3 rings (SSSR count). The van der Waals surface area contributed by atoms with Crippen LogP contribution in [-0.4, -0.2) is 28.8 Å². The van der Waals surface area contributed by atoms with E-state index in [2.05, 4.69) is 27.9 Å². The predicted molar refractivity (Wildman–Crippen MR) is 97.7 cm³/mol. The van der Waals surface area contributed by atoms with Crippen molar-refractivity contribution in [3.8, 4) is 5.69 Å². The lowest BCUT2D eigenvalue weighted by Crippen LogP contribution is -2.38. The molecule has 5 nitrogen and oxygen atoms in total. The van der Waals surface area contributed by atoms with Gasteiger partial charge in [-0.2, -0.15) is 5.10 Å². The molecule has 24 heavy (non-hydrogen) atoms. The lowest BCUT2D eigenvalue weighted by Gasteiger charge is -2.22. The zero-order valence-corrected chi connectivity index (χ0v) is 15.0. The van der Waals surface area contributed by atoms with Gasteiger partial charge >= 0.3 is 0 Å². The van der Waals surface area contributed by atoms with E-state index in [1.54, 1.807) is 0 Å². The van der Waals surface area contributed by atoms with Gasteiger partial charge in [0, 0.05) is 18.2 Å². The van der Waals surface area contributed by atoms with Crippen LogP contribution in [-0.2, 0) is 11.3 Å². The van der Waals surface area contributed by atoms with E-state index in [0.717, 1.165) is 48.6 Å². The highest BCUT2D eigenvalue weighted by atomic mass is 35.5. The predicted octanol–water partition coefficient (Wildman–Crippen LogP) is 2.53. The van der Waals surface area contributed by atoms with E-state index < -0.39 is 0 Å². The number of carbonyl (C=O) groups is 1. The van der Waals surface area contributed by atoms with Gasteiger partial charge in [-0.1, -0.05) is 18.2 Å². The van der Waals surface area contributed by atoms with E-state index >= 15 is 0 Å². The zero-order valence-electron chi connectivity index (χ0n) is 14.2. The summed E-state index contributed by atoms with van der Waals surface area (Å²) in [5.41, 5.74) is 4.21. The second-order valence-corrected chi connectivity index (χ2v) is 6.21. The Morgan fingerprint density at radius 2 is 2.00 bits per heavy atom. The third-order valence-electron chi connectivity index (χ3n) is 4.39. The van der Waals surface area contributed by atoms with Gasteiger partial charge in [-0.3, -0.25) is 4.79 Å². The van der Waals surface area contributed by atoms with Gasteiger partial charge in [0.2, 0.25) is 5.91 Å². The Hall–Kier alpha value is -1.85. The van der Waals surface area contributed by atoms with Crippen LogP contribution in [0.1, 0.15) is 29.8 Å². The highest BCUT2D eigenvalue weighted by Gasteiger charge is 2.20. The normalized spacial score (nSPS) is 14.9. The number of nitrogens with zero attached hydrogens (tertiary/aromatic N) is 2. The fourth-order valence-corrected chi connectivity index (χ4v) is 3.15. The molecule has 1 fully saturated rings. The summed E-state index contributed by atoms with van der Waals surface area (Å²) in [4.78, 5) is 12.3. The Bertz CT molecular complexity index is 692. The first kappa shape index (κ1) is 18.5. The van der Waals surface area contributed by atoms with Crippen LogP contribution >= 0.6 is 12.4 Å². The van der Waals surface area contributed by atoms with Crippen LogP contribution in [0.25, 0.3) is 5.69 Å². The molecule has 2 heterocycles. The molecule has 1 aromatic carbocycles. The number of amides is 1. The van der Waals surface area contributed by atoms with E-state index in [1.807, 2.05) is 36.7 Å². The molecule has 1 amide bonds. The molecule has 1 aromatic heterocycles. The lowest BCUT2D eigenvalue weighted by atomic mass is 9.97. The van der Waals surface area contributed by atoms with Gasteiger partial charge < -0.3 is 10.6 Å². The Morgan fingerprint density at radius 3 is 2.67 bits per heavy atom. The van der Waals surface area contributed by atoms with Crippen LogP contribution in [0, 0.1) is 19.8 Å². The van der Waals surface area contributed by atoms with Crippen LogP contribution in [0.2, 0.25) is 0 Å². The first-order chi connectivity index (χ1) is 11.1. The molecule has 0 spiro atoms. The first-order valence-corrected chi connectivity index (χ1v) is 8.25. The molecular weight excluding hydrogens is 324 g/mol. The van der Waals surface area contributed by atoms with Gasteiger partial charge in [0.15, 0.2) is 0 Å². The number of benzene rings is 1. The van der Waals surface area contributed by atoms with Crippen LogP contribution in [0.4, 0.5) is 0 Å². The summed E-state index contributed by atoms with van der Waals surface area (Å²) in [6.45, 7) is 6.44. The van der Waals surface area contributed by atoms with Gasteiger partial charge in [0.1, 0.15) is 0 Å². The Balaban J connectivity index is 0.00000208. The molecule has 1 aliphatic rings. The number of aromatic nitrogens is 2. The number of halogens is 1. The number of piperidine rings is 1. The minimum atomic E-state index is 0. The van der Waals surface area contributed by atoms with Crippen LogP contribution in [0.15, 0.2) is 30.3 Å². The van der Waals surface area contributed by atoms with Crippen molar-refractivity contribution in [2.24, 2.45) is 5.92 Å².